The smallest absolute Gasteiger partial charge is 0.0334 e. The number of piperazine rings is 1. The van der Waals surface area contributed by atoms with Gasteiger partial charge < -0.3 is 5.32 Å². The molecule has 1 spiro atoms. The zero-order valence-electron chi connectivity index (χ0n) is 11.6. The Morgan fingerprint density at radius 2 is 1.88 bits per heavy atom. The van der Waals surface area contributed by atoms with E-state index >= 15 is 0 Å². The molecule has 1 aliphatic carbocycles. The van der Waals surface area contributed by atoms with Gasteiger partial charge in [-0.25, -0.2) is 0 Å². The molecule has 0 atom stereocenters. The lowest BCUT2D eigenvalue weighted by atomic mass is 9.79. The standard InChI is InChI=1S/C15H30N2/c1-2-3-4-8-12-17-13-11-16-14-15(17)9-6-5-7-10-15/h16H,2-14H2,1H3. The Labute approximate surface area is 107 Å². The lowest BCUT2D eigenvalue weighted by Crippen LogP contribution is -2.62. The molecule has 0 radical (unpaired) electrons. The molecule has 100 valence electrons. The minimum absolute atomic E-state index is 0.544. The lowest BCUT2D eigenvalue weighted by Gasteiger charge is -2.50. The first-order chi connectivity index (χ1) is 8.37. The first-order valence-corrected chi connectivity index (χ1v) is 7.83. The average Bonchev–Trinajstić information content (AvgIpc) is 2.38. The molecule has 0 aromatic carbocycles. The van der Waals surface area contributed by atoms with Crippen LogP contribution >= 0.6 is 0 Å². The highest BCUT2D eigenvalue weighted by Gasteiger charge is 2.38. The highest BCUT2D eigenvalue weighted by Crippen LogP contribution is 2.34. The van der Waals surface area contributed by atoms with Crippen LogP contribution in [0.4, 0.5) is 0 Å². The molecule has 2 heteroatoms. The Morgan fingerprint density at radius 3 is 2.65 bits per heavy atom. The topological polar surface area (TPSA) is 15.3 Å². The fraction of sp³-hybridized carbons (Fsp3) is 1.00. The van der Waals surface area contributed by atoms with Gasteiger partial charge in [0.2, 0.25) is 0 Å². The van der Waals surface area contributed by atoms with E-state index in [0.29, 0.717) is 5.54 Å². The van der Waals surface area contributed by atoms with Gasteiger partial charge >= 0.3 is 0 Å². The van der Waals surface area contributed by atoms with Gasteiger partial charge in [-0.3, -0.25) is 4.90 Å². The summed E-state index contributed by atoms with van der Waals surface area (Å²) >= 11 is 0. The number of nitrogens with zero attached hydrogens (tertiary/aromatic N) is 1. The van der Waals surface area contributed by atoms with Crippen LogP contribution in [0.2, 0.25) is 0 Å². The summed E-state index contributed by atoms with van der Waals surface area (Å²) in [4.78, 5) is 2.83. The Balaban J connectivity index is 1.83. The zero-order valence-corrected chi connectivity index (χ0v) is 11.6. The third-order valence-corrected chi connectivity index (χ3v) is 4.75. The molecule has 1 saturated heterocycles. The Kier molecular flexibility index (Phi) is 5.30. The van der Waals surface area contributed by atoms with Gasteiger partial charge in [-0.1, -0.05) is 45.4 Å². The van der Waals surface area contributed by atoms with Crippen molar-refractivity contribution in [1.29, 1.82) is 0 Å². The molecule has 0 amide bonds. The normalized spacial score (nSPS) is 25.2. The molecular weight excluding hydrogens is 208 g/mol. The van der Waals surface area contributed by atoms with Crippen LogP contribution in [0, 0.1) is 0 Å². The van der Waals surface area contributed by atoms with Crippen LogP contribution in [-0.2, 0) is 0 Å². The van der Waals surface area contributed by atoms with E-state index in [4.69, 9.17) is 0 Å². The van der Waals surface area contributed by atoms with Crippen molar-refractivity contribution in [3.8, 4) is 0 Å². The third-order valence-electron chi connectivity index (χ3n) is 4.75. The van der Waals surface area contributed by atoms with Crippen LogP contribution in [0.25, 0.3) is 0 Å². The molecule has 1 N–H and O–H groups in total. The van der Waals surface area contributed by atoms with Gasteiger partial charge in [0.25, 0.3) is 0 Å². The van der Waals surface area contributed by atoms with Crippen LogP contribution in [0.5, 0.6) is 0 Å². The maximum Gasteiger partial charge on any atom is 0.0334 e. The van der Waals surface area contributed by atoms with Crippen molar-refractivity contribution < 1.29 is 0 Å². The second-order valence-electron chi connectivity index (χ2n) is 6.01. The first kappa shape index (κ1) is 13.4. The summed E-state index contributed by atoms with van der Waals surface area (Å²) in [5.74, 6) is 0. The second kappa shape index (κ2) is 6.75. The summed E-state index contributed by atoms with van der Waals surface area (Å²) in [5, 5.41) is 3.64. The predicted octanol–water partition coefficient (Wildman–Crippen LogP) is 3.17. The quantitative estimate of drug-likeness (QED) is 0.740. The molecule has 0 aromatic heterocycles. The van der Waals surface area contributed by atoms with Crippen LogP contribution in [0.15, 0.2) is 0 Å². The molecule has 0 bridgehead atoms. The van der Waals surface area contributed by atoms with Gasteiger partial charge in [-0.05, 0) is 25.8 Å². The molecule has 2 fully saturated rings. The van der Waals surface area contributed by atoms with Gasteiger partial charge in [-0.2, -0.15) is 0 Å². The highest BCUT2D eigenvalue weighted by molar-refractivity contribution is 4.97. The fourth-order valence-electron chi connectivity index (χ4n) is 3.67. The van der Waals surface area contributed by atoms with Crippen molar-refractivity contribution in [2.24, 2.45) is 0 Å². The molecule has 2 rings (SSSR count). The molecule has 1 aliphatic heterocycles. The molecule has 0 aromatic rings. The number of hydrogen-bond donors (Lipinski definition) is 1. The number of nitrogens with one attached hydrogen (secondary N) is 1. The molecule has 2 aliphatic rings. The number of hydrogen-bond acceptors (Lipinski definition) is 2. The summed E-state index contributed by atoms with van der Waals surface area (Å²) in [7, 11) is 0. The molecule has 1 heterocycles. The van der Waals surface area contributed by atoms with E-state index in [-0.39, 0.29) is 0 Å². The monoisotopic (exact) mass is 238 g/mol. The molecule has 0 unspecified atom stereocenters. The Hall–Kier alpha value is -0.0800. The lowest BCUT2D eigenvalue weighted by molar-refractivity contribution is 0.0263. The molecule has 17 heavy (non-hydrogen) atoms. The van der Waals surface area contributed by atoms with Crippen LogP contribution in [0.1, 0.15) is 64.7 Å². The highest BCUT2D eigenvalue weighted by atomic mass is 15.3. The van der Waals surface area contributed by atoms with E-state index in [0.717, 1.165) is 0 Å². The predicted molar refractivity (Wildman–Crippen MR) is 74.4 cm³/mol. The summed E-state index contributed by atoms with van der Waals surface area (Å²) < 4.78 is 0. The second-order valence-corrected chi connectivity index (χ2v) is 6.01. The maximum absolute atomic E-state index is 3.64. The molecule has 1 saturated carbocycles. The van der Waals surface area contributed by atoms with Crippen LogP contribution in [0.3, 0.4) is 0 Å². The van der Waals surface area contributed by atoms with E-state index in [9.17, 15) is 0 Å². The third kappa shape index (κ3) is 3.45. The Morgan fingerprint density at radius 1 is 1.06 bits per heavy atom. The van der Waals surface area contributed by atoms with E-state index in [1.54, 1.807) is 0 Å². The maximum atomic E-state index is 3.64. The van der Waals surface area contributed by atoms with Gasteiger partial charge in [0.15, 0.2) is 0 Å². The summed E-state index contributed by atoms with van der Waals surface area (Å²) in [6, 6.07) is 0. The first-order valence-electron chi connectivity index (χ1n) is 7.83. The zero-order chi connectivity index (χ0) is 12.0. The summed E-state index contributed by atoms with van der Waals surface area (Å²) in [6.45, 7) is 7.39. The largest absolute Gasteiger partial charge is 0.314 e. The van der Waals surface area contributed by atoms with E-state index in [2.05, 4.69) is 17.1 Å². The van der Waals surface area contributed by atoms with Crippen molar-refractivity contribution >= 4 is 0 Å². The van der Waals surface area contributed by atoms with Crippen LogP contribution < -0.4 is 5.32 Å². The fourth-order valence-corrected chi connectivity index (χ4v) is 3.67. The number of unbranched alkanes of at least 4 members (excludes halogenated alkanes) is 3. The van der Waals surface area contributed by atoms with Gasteiger partial charge in [0.1, 0.15) is 0 Å². The Bertz CT molecular complexity index is 201. The average molecular weight is 238 g/mol. The van der Waals surface area contributed by atoms with Gasteiger partial charge in [-0.15, -0.1) is 0 Å². The minimum atomic E-state index is 0.544. The number of rotatable bonds is 5. The van der Waals surface area contributed by atoms with Crippen LogP contribution in [-0.4, -0.2) is 36.6 Å². The van der Waals surface area contributed by atoms with E-state index in [1.165, 1.54) is 84.0 Å². The summed E-state index contributed by atoms with van der Waals surface area (Å²) in [5.41, 5.74) is 0.544. The molecular formula is C15H30N2. The van der Waals surface area contributed by atoms with Crippen molar-refractivity contribution in [2.75, 3.05) is 26.2 Å². The van der Waals surface area contributed by atoms with Crippen molar-refractivity contribution in [2.45, 2.75) is 70.3 Å². The van der Waals surface area contributed by atoms with Crippen molar-refractivity contribution in [3.05, 3.63) is 0 Å². The minimum Gasteiger partial charge on any atom is -0.314 e. The van der Waals surface area contributed by atoms with Crippen molar-refractivity contribution in [3.63, 3.8) is 0 Å². The molecule has 2 nitrogen and oxygen atoms in total. The van der Waals surface area contributed by atoms with Crippen molar-refractivity contribution in [1.82, 2.24) is 10.2 Å². The van der Waals surface area contributed by atoms with Gasteiger partial charge in [0.05, 0.1) is 0 Å². The van der Waals surface area contributed by atoms with E-state index < -0.39 is 0 Å². The van der Waals surface area contributed by atoms with E-state index in [1.807, 2.05) is 0 Å². The summed E-state index contributed by atoms with van der Waals surface area (Å²) in [6.07, 6.45) is 12.9. The van der Waals surface area contributed by atoms with Gasteiger partial charge in [0, 0.05) is 25.2 Å². The SMILES string of the molecule is CCCCCCN1CCNCC12CCCCC2.